The lowest BCUT2D eigenvalue weighted by Crippen LogP contribution is -2.34. The number of benzene rings is 1. The van der Waals surface area contributed by atoms with Crippen molar-refractivity contribution in [2.75, 3.05) is 39.8 Å². The Bertz CT molecular complexity index is 753. The summed E-state index contributed by atoms with van der Waals surface area (Å²) in [5.41, 5.74) is 3.57. The molecule has 2 fully saturated rings. The molecule has 6 heteroatoms. The predicted molar refractivity (Wildman–Crippen MR) is 106 cm³/mol. The van der Waals surface area contributed by atoms with E-state index in [1.54, 1.807) is 0 Å². The third-order valence-corrected chi connectivity index (χ3v) is 5.65. The van der Waals surface area contributed by atoms with Crippen molar-refractivity contribution in [2.45, 2.75) is 39.2 Å². The second-order valence-electron chi connectivity index (χ2n) is 8.16. The smallest absolute Gasteiger partial charge is 0.162 e. The normalized spacial score (nSPS) is 22.3. The number of hydrogen-bond acceptors (Lipinski definition) is 5. The summed E-state index contributed by atoms with van der Waals surface area (Å²) in [4.78, 5) is 7.36. The van der Waals surface area contributed by atoms with Crippen molar-refractivity contribution in [3.63, 3.8) is 0 Å². The highest BCUT2D eigenvalue weighted by Gasteiger charge is 2.26. The molecule has 1 atom stereocenters. The topological polar surface area (TPSA) is 55.2 Å². The average Bonchev–Trinajstić information content (AvgIpc) is 3.07. The first-order valence-corrected chi connectivity index (χ1v) is 10.1. The molecule has 1 aromatic heterocycles. The Morgan fingerprint density at radius 3 is 2.56 bits per heavy atom. The molecule has 0 unspecified atom stereocenters. The molecule has 0 saturated carbocycles. The van der Waals surface area contributed by atoms with Gasteiger partial charge in [-0.3, -0.25) is 0 Å². The number of morpholine rings is 1. The van der Waals surface area contributed by atoms with Gasteiger partial charge in [0, 0.05) is 19.5 Å². The summed E-state index contributed by atoms with van der Waals surface area (Å²) in [7, 11) is 2.20. The number of hydrogen-bond donors (Lipinski definition) is 1. The van der Waals surface area contributed by atoms with Gasteiger partial charge in [0.1, 0.15) is 6.10 Å². The molecule has 3 heterocycles. The van der Waals surface area contributed by atoms with Gasteiger partial charge in [-0.05, 0) is 76.0 Å². The van der Waals surface area contributed by atoms with Gasteiger partial charge in [-0.2, -0.15) is 5.10 Å². The van der Waals surface area contributed by atoms with Crippen molar-refractivity contribution in [2.24, 2.45) is 5.92 Å². The Balaban J connectivity index is 1.64. The number of rotatable bonds is 4. The maximum absolute atomic E-state index is 6.01. The quantitative estimate of drug-likeness (QED) is 0.897. The van der Waals surface area contributed by atoms with Crippen LogP contribution in [0.2, 0.25) is 0 Å². The highest BCUT2D eigenvalue weighted by Crippen LogP contribution is 2.25. The monoisotopic (exact) mass is 369 g/mol. The fraction of sp³-hybridized carbons (Fsp3) is 0.619. The summed E-state index contributed by atoms with van der Waals surface area (Å²) >= 11 is 0. The molecule has 1 aromatic carbocycles. The average molecular weight is 370 g/mol. The zero-order chi connectivity index (χ0) is 18.8. The highest BCUT2D eigenvalue weighted by molar-refractivity contribution is 5.39. The van der Waals surface area contributed by atoms with Crippen molar-refractivity contribution in [1.29, 1.82) is 0 Å². The molecule has 0 spiro atoms. The first kappa shape index (κ1) is 18.6. The highest BCUT2D eigenvalue weighted by atomic mass is 16.5. The van der Waals surface area contributed by atoms with E-state index in [4.69, 9.17) is 14.8 Å². The molecule has 4 rings (SSSR count). The Hall–Kier alpha value is -1.76. The van der Waals surface area contributed by atoms with Crippen LogP contribution in [-0.4, -0.2) is 59.5 Å². The van der Waals surface area contributed by atoms with Crippen LogP contribution >= 0.6 is 0 Å². The maximum atomic E-state index is 6.01. The van der Waals surface area contributed by atoms with E-state index in [9.17, 15) is 0 Å². The van der Waals surface area contributed by atoms with Crippen LogP contribution in [0.5, 0.6) is 0 Å². The zero-order valence-corrected chi connectivity index (χ0v) is 16.7. The van der Waals surface area contributed by atoms with Crippen molar-refractivity contribution in [3.05, 3.63) is 41.0 Å². The summed E-state index contributed by atoms with van der Waals surface area (Å²) in [5.74, 6) is 2.55. The minimum atomic E-state index is -0.0432. The predicted octanol–water partition coefficient (Wildman–Crippen LogP) is 2.43. The summed E-state index contributed by atoms with van der Waals surface area (Å²) in [6.07, 6.45) is 3.37. The van der Waals surface area contributed by atoms with Gasteiger partial charge in [-0.25, -0.2) is 9.67 Å². The van der Waals surface area contributed by atoms with Gasteiger partial charge in [0.05, 0.1) is 12.3 Å². The van der Waals surface area contributed by atoms with E-state index in [2.05, 4.69) is 49.3 Å². The maximum Gasteiger partial charge on any atom is 0.162 e. The summed E-state index contributed by atoms with van der Waals surface area (Å²) in [6, 6.07) is 6.56. The fourth-order valence-electron chi connectivity index (χ4n) is 4.18. The van der Waals surface area contributed by atoms with Crippen LogP contribution < -0.4 is 5.32 Å². The number of aryl methyl sites for hydroxylation is 2. The minimum absolute atomic E-state index is 0.0432. The van der Waals surface area contributed by atoms with Gasteiger partial charge in [0.2, 0.25) is 0 Å². The van der Waals surface area contributed by atoms with Gasteiger partial charge in [-0.15, -0.1) is 0 Å². The van der Waals surface area contributed by atoms with Crippen molar-refractivity contribution < 1.29 is 4.74 Å². The van der Waals surface area contributed by atoms with E-state index >= 15 is 0 Å². The molecule has 0 radical (unpaired) electrons. The number of nitrogens with zero attached hydrogens (tertiary/aromatic N) is 4. The number of ether oxygens (including phenoxy) is 1. The first-order valence-electron chi connectivity index (χ1n) is 10.1. The molecule has 0 amide bonds. The van der Waals surface area contributed by atoms with E-state index < -0.39 is 0 Å². The molecule has 146 valence electrons. The van der Waals surface area contributed by atoms with E-state index in [-0.39, 0.29) is 6.10 Å². The fourth-order valence-corrected chi connectivity index (χ4v) is 4.18. The number of aromatic nitrogens is 3. The molecular formula is C21H31N5O. The SMILES string of the molecule is Cc1cc(C)cc(-n2nc(CC3CCN(C)CC3)nc2[C@@H]2CNCCO2)c1. The summed E-state index contributed by atoms with van der Waals surface area (Å²) in [5, 5.41) is 8.35. The molecule has 2 aliphatic rings. The number of likely N-dealkylation sites (tertiary alicyclic amines) is 1. The lowest BCUT2D eigenvalue weighted by molar-refractivity contribution is 0.0208. The molecule has 2 aliphatic heterocycles. The summed E-state index contributed by atoms with van der Waals surface area (Å²) < 4.78 is 8.03. The Kier molecular flexibility index (Phi) is 5.57. The van der Waals surface area contributed by atoms with Crippen LogP contribution in [-0.2, 0) is 11.2 Å². The molecule has 6 nitrogen and oxygen atoms in total. The van der Waals surface area contributed by atoms with Crippen LogP contribution in [0.15, 0.2) is 18.2 Å². The lowest BCUT2D eigenvalue weighted by atomic mass is 9.94. The Morgan fingerprint density at radius 2 is 1.89 bits per heavy atom. The molecule has 1 N–H and O–H groups in total. The van der Waals surface area contributed by atoms with Crippen molar-refractivity contribution >= 4 is 0 Å². The second kappa shape index (κ2) is 8.09. The van der Waals surface area contributed by atoms with E-state index in [0.29, 0.717) is 12.5 Å². The van der Waals surface area contributed by atoms with Crippen LogP contribution in [0.25, 0.3) is 5.69 Å². The van der Waals surface area contributed by atoms with Crippen LogP contribution in [0.3, 0.4) is 0 Å². The van der Waals surface area contributed by atoms with E-state index in [1.807, 2.05) is 4.68 Å². The number of nitrogens with one attached hydrogen (secondary N) is 1. The zero-order valence-electron chi connectivity index (χ0n) is 16.7. The number of piperidine rings is 1. The van der Waals surface area contributed by atoms with Crippen molar-refractivity contribution in [3.8, 4) is 5.69 Å². The second-order valence-corrected chi connectivity index (χ2v) is 8.16. The van der Waals surface area contributed by atoms with Gasteiger partial charge in [0.25, 0.3) is 0 Å². The van der Waals surface area contributed by atoms with Crippen LogP contribution in [0, 0.1) is 19.8 Å². The van der Waals surface area contributed by atoms with Crippen LogP contribution in [0.1, 0.15) is 41.7 Å². The molecule has 0 aliphatic carbocycles. The van der Waals surface area contributed by atoms with Crippen LogP contribution in [0.4, 0.5) is 0 Å². The summed E-state index contributed by atoms with van der Waals surface area (Å²) in [6.45, 7) is 9.01. The largest absolute Gasteiger partial charge is 0.368 e. The first-order chi connectivity index (χ1) is 13.1. The molecule has 0 bridgehead atoms. The van der Waals surface area contributed by atoms with Gasteiger partial charge >= 0.3 is 0 Å². The standard InChI is InChI=1S/C21H31N5O/c1-15-10-16(2)12-18(11-15)26-21(19-14-22-6-9-27-19)23-20(24-26)13-17-4-7-25(3)8-5-17/h10-12,17,19,22H,4-9,13-14H2,1-3H3/t19-/m0/s1. The van der Waals surface area contributed by atoms with E-state index in [1.165, 1.54) is 37.1 Å². The molecule has 2 aromatic rings. The van der Waals surface area contributed by atoms with E-state index in [0.717, 1.165) is 36.8 Å². The van der Waals surface area contributed by atoms with Gasteiger partial charge in [-0.1, -0.05) is 6.07 Å². The lowest BCUT2D eigenvalue weighted by Gasteiger charge is -2.28. The Labute approximate surface area is 161 Å². The van der Waals surface area contributed by atoms with Crippen molar-refractivity contribution in [1.82, 2.24) is 25.0 Å². The third-order valence-electron chi connectivity index (χ3n) is 5.65. The minimum Gasteiger partial charge on any atom is -0.368 e. The van der Waals surface area contributed by atoms with Gasteiger partial charge in [0.15, 0.2) is 11.6 Å². The molecular weight excluding hydrogens is 338 g/mol. The molecule has 27 heavy (non-hydrogen) atoms. The van der Waals surface area contributed by atoms with Gasteiger partial charge < -0.3 is 15.0 Å². The molecule has 2 saturated heterocycles. The Morgan fingerprint density at radius 1 is 1.15 bits per heavy atom. The third kappa shape index (κ3) is 4.39.